The minimum absolute atomic E-state index is 0.239. The molecule has 0 aromatic carbocycles. The number of aliphatic hydroxyl groups is 1. The molecule has 3 atom stereocenters. The van der Waals surface area contributed by atoms with Crippen LogP contribution in [-0.2, 0) is 4.79 Å². The van der Waals surface area contributed by atoms with Gasteiger partial charge in [0.05, 0.1) is 6.10 Å². The predicted molar refractivity (Wildman–Crippen MR) is 62.3 cm³/mol. The smallest absolute Gasteiger partial charge is 0.320 e. The maximum atomic E-state index is 11.2. The number of unbranched alkanes of at least 4 members (excludes halogenated alkanes) is 1. The molecule has 1 aliphatic rings. The Morgan fingerprint density at radius 3 is 2.69 bits per heavy atom. The summed E-state index contributed by atoms with van der Waals surface area (Å²) in [5, 5.41) is 18.7. The van der Waals surface area contributed by atoms with Gasteiger partial charge in [0.25, 0.3) is 0 Å². The van der Waals surface area contributed by atoms with E-state index in [1.165, 1.54) is 0 Å². The van der Waals surface area contributed by atoms with Gasteiger partial charge in [0.2, 0.25) is 0 Å². The van der Waals surface area contributed by atoms with Gasteiger partial charge in [-0.25, -0.2) is 0 Å². The van der Waals surface area contributed by atoms with Gasteiger partial charge in [-0.15, -0.1) is 0 Å². The molecule has 0 bridgehead atoms. The molecule has 1 saturated heterocycles. The topological polar surface area (TPSA) is 60.8 Å². The molecule has 1 heterocycles. The van der Waals surface area contributed by atoms with Gasteiger partial charge < -0.3 is 10.2 Å². The summed E-state index contributed by atoms with van der Waals surface area (Å²) >= 11 is 0. The number of nitrogens with zero attached hydrogens (tertiary/aromatic N) is 1. The first-order valence-electron chi connectivity index (χ1n) is 6.21. The van der Waals surface area contributed by atoms with Crippen molar-refractivity contribution in [2.75, 3.05) is 13.1 Å². The van der Waals surface area contributed by atoms with Crippen LogP contribution in [0.25, 0.3) is 0 Å². The predicted octanol–water partition coefficient (Wildman–Crippen LogP) is 1.33. The molecule has 4 heteroatoms. The SMILES string of the molecule is CCCCC(C(=O)O)N1CCC(C(C)O)C1. The van der Waals surface area contributed by atoms with Gasteiger partial charge in [-0.05, 0) is 32.2 Å². The highest BCUT2D eigenvalue weighted by atomic mass is 16.4. The number of hydrogen-bond acceptors (Lipinski definition) is 3. The quantitative estimate of drug-likeness (QED) is 0.721. The van der Waals surface area contributed by atoms with Crippen LogP contribution in [0.2, 0.25) is 0 Å². The number of likely N-dealkylation sites (tertiary alicyclic amines) is 1. The van der Waals surface area contributed by atoms with Crippen molar-refractivity contribution in [1.82, 2.24) is 4.90 Å². The van der Waals surface area contributed by atoms with Crippen molar-refractivity contribution in [2.45, 2.75) is 51.7 Å². The largest absolute Gasteiger partial charge is 0.480 e. The summed E-state index contributed by atoms with van der Waals surface area (Å²) < 4.78 is 0. The van der Waals surface area contributed by atoms with Crippen LogP contribution in [0.5, 0.6) is 0 Å². The Hall–Kier alpha value is -0.610. The number of aliphatic hydroxyl groups excluding tert-OH is 1. The van der Waals surface area contributed by atoms with E-state index >= 15 is 0 Å². The van der Waals surface area contributed by atoms with Crippen LogP contribution < -0.4 is 0 Å². The van der Waals surface area contributed by atoms with Crippen molar-refractivity contribution < 1.29 is 15.0 Å². The van der Waals surface area contributed by atoms with Crippen LogP contribution >= 0.6 is 0 Å². The zero-order chi connectivity index (χ0) is 12.1. The Morgan fingerprint density at radius 1 is 1.56 bits per heavy atom. The summed E-state index contributed by atoms with van der Waals surface area (Å²) in [7, 11) is 0. The van der Waals surface area contributed by atoms with Gasteiger partial charge in [-0.2, -0.15) is 0 Å². The minimum atomic E-state index is -0.723. The van der Waals surface area contributed by atoms with E-state index < -0.39 is 5.97 Å². The van der Waals surface area contributed by atoms with Crippen molar-refractivity contribution in [1.29, 1.82) is 0 Å². The summed E-state index contributed by atoms with van der Waals surface area (Å²) in [4.78, 5) is 13.2. The molecule has 1 aliphatic heterocycles. The molecule has 1 rings (SSSR count). The standard InChI is InChI=1S/C12H23NO3/c1-3-4-5-11(12(15)16)13-7-6-10(8-13)9(2)14/h9-11,14H,3-8H2,1-2H3,(H,15,16). The second-order valence-corrected chi connectivity index (χ2v) is 4.78. The molecule has 16 heavy (non-hydrogen) atoms. The first-order valence-corrected chi connectivity index (χ1v) is 6.21. The Kier molecular flexibility index (Phi) is 5.22. The number of rotatable bonds is 6. The molecule has 4 nitrogen and oxygen atoms in total. The van der Waals surface area contributed by atoms with E-state index in [2.05, 4.69) is 6.92 Å². The summed E-state index contributed by atoms with van der Waals surface area (Å²) in [6.45, 7) is 5.38. The number of hydrogen-bond donors (Lipinski definition) is 2. The first kappa shape index (κ1) is 13.5. The molecule has 0 aromatic heterocycles. The lowest BCUT2D eigenvalue weighted by atomic mass is 10.0. The van der Waals surface area contributed by atoms with E-state index in [-0.39, 0.29) is 18.1 Å². The third-order valence-corrected chi connectivity index (χ3v) is 3.50. The summed E-state index contributed by atoms with van der Waals surface area (Å²) in [6, 6.07) is -0.358. The second-order valence-electron chi connectivity index (χ2n) is 4.78. The molecule has 2 N–H and O–H groups in total. The number of carbonyl (C=O) groups is 1. The summed E-state index contributed by atoms with van der Waals surface area (Å²) in [5.74, 6) is -0.483. The molecule has 0 amide bonds. The Balaban J connectivity index is 2.50. The van der Waals surface area contributed by atoms with Crippen LogP contribution in [0.4, 0.5) is 0 Å². The Morgan fingerprint density at radius 2 is 2.25 bits per heavy atom. The van der Waals surface area contributed by atoms with Crippen LogP contribution in [0, 0.1) is 5.92 Å². The van der Waals surface area contributed by atoms with Gasteiger partial charge in [0.15, 0.2) is 0 Å². The molecule has 0 radical (unpaired) electrons. The van der Waals surface area contributed by atoms with E-state index in [1.54, 1.807) is 6.92 Å². The highest BCUT2D eigenvalue weighted by molar-refractivity contribution is 5.73. The summed E-state index contributed by atoms with van der Waals surface area (Å²) in [6.07, 6.45) is 3.28. The van der Waals surface area contributed by atoms with E-state index in [0.29, 0.717) is 0 Å². The fourth-order valence-electron chi connectivity index (χ4n) is 2.35. The lowest BCUT2D eigenvalue weighted by molar-refractivity contribution is -0.143. The molecular weight excluding hydrogens is 206 g/mol. The number of carboxylic acids is 1. The Labute approximate surface area is 97.3 Å². The highest BCUT2D eigenvalue weighted by Crippen LogP contribution is 2.23. The molecule has 0 aromatic rings. The van der Waals surface area contributed by atoms with E-state index in [1.807, 2.05) is 4.90 Å². The molecule has 94 valence electrons. The molecule has 0 aliphatic carbocycles. The summed E-state index contributed by atoms with van der Waals surface area (Å²) in [5.41, 5.74) is 0. The van der Waals surface area contributed by atoms with Crippen molar-refractivity contribution >= 4 is 5.97 Å². The molecule has 0 spiro atoms. The van der Waals surface area contributed by atoms with Gasteiger partial charge in [0, 0.05) is 6.54 Å². The average Bonchev–Trinajstić information content (AvgIpc) is 2.67. The van der Waals surface area contributed by atoms with Crippen molar-refractivity contribution in [3.05, 3.63) is 0 Å². The second kappa shape index (κ2) is 6.21. The maximum absolute atomic E-state index is 11.2. The first-order chi connectivity index (χ1) is 7.56. The van der Waals surface area contributed by atoms with Gasteiger partial charge in [-0.3, -0.25) is 9.69 Å². The number of carboxylic acid groups (broad SMARTS) is 1. The molecule has 3 unspecified atom stereocenters. The normalized spacial score (nSPS) is 25.6. The fourth-order valence-corrected chi connectivity index (χ4v) is 2.35. The van der Waals surface area contributed by atoms with Crippen LogP contribution in [0.15, 0.2) is 0 Å². The van der Waals surface area contributed by atoms with E-state index in [0.717, 1.165) is 38.8 Å². The molecular formula is C12H23NO3. The van der Waals surface area contributed by atoms with Gasteiger partial charge in [0.1, 0.15) is 6.04 Å². The monoisotopic (exact) mass is 229 g/mol. The van der Waals surface area contributed by atoms with Crippen LogP contribution in [0.3, 0.4) is 0 Å². The molecule has 0 saturated carbocycles. The van der Waals surface area contributed by atoms with E-state index in [9.17, 15) is 15.0 Å². The van der Waals surface area contributed by atoms with E-state index in [4.69, 9.17) is 0 Å². The zero-order valence-electron chi connectivity index (χ0n) is 10.2. The lowest BCUT2D eigenvalue weighted by Crippen LogP contribution is -2.40. The van der Waals surface area contributed by atoms with Crippen molar-refractivity contribution in [3.8, 4) is 0 Å². The van der Waals surface area contributed by atoms with Crippen LogP contribution in [0.1, 0.15) is 39.5 Å². The maximum Gasteiger partial charge on any atom is 0.320 e. The van der Waals surface area contributed by atoms with Crippen molar-refractivity contribution in [3.63, 3.8) is 0 Å². The third-order valence-electron chi connectivity index (χ3n) is 3.50. The average molecular weight is 229 g/mol. The van der Waals surface area contributed by atoms with Crippen LogP contribution in [-0.4, -0.2) is 46.3 Å². The van der Waals surface area contributed by atoms with Crippen molar-refractivity contribution in [2.24, 2.45) is 5.92 Å². The lowest BCUT2D eigenvalue weighted by Gasteiger charge is -2.24. The molecule has 1 fully saturated rings. The fraction of sp³-hybridized carbons (Fsp3) is 0.917. The third kappa shape index (κ3) is 3.46. The van der Waals surface area contributed by atoms with Gasteiger partial charge >= 0.3 is 5.97 Å². The Bertz CT molecular complexity index is 230. The minimum Gasteiger partial charge on any atom is -0.480 e. The highest BCUT2D eigenvalue weighted by Gasteiger charge is 2.33. The zero-order valence-corrected chi connectivity index (χ0v) is 10.2. The van der Waals surface area contributed by atoms with Gasteiger partial charge in [-0.1, -0.05) is 19.8 Å². The number of aliphatic carboxylic acids is 1.